The Morgan fingerprint density at radius 3 is 2.16 bits per heavy atom. The zero-order valence-corrected chi connectivity index (χ0v) is 11.5. The van der Waals surface area contributed by atoms with Crippen LogP contribution in [0.25, 0.3) is 11.1 Å². The maximum absolute atomic E-state index is 11.8. The largest absolute Gasteiger partial charge is 0.477 e. The molecule has 7 heteroatoms. The van der Waals surface area contributed by atoms with Gasteiger partial charge in [0.05, 0.1) is 15.1 Å². The van der Waals surface area contributed by atoms with Crippen LogP contribution in [0.5, 0.6) is 0 Å². The van der Waals surface area contributed by atoms with Crippen LogP contribution in [-0.4, -0.2) is 16.1 Å². The fourth-order valence-electron chi connectivity index (χ4n) is 1.54. The Morgan fingerprint density at radius 2 is 1.68 bits per heavy atom. The van der Waals surface area contributed by atoms with Gasteiger partial charge in [-0.2, -0.15) is 0 Å². The summed E-state index contributed by atoms with van der Waals surface area (Å²) in [5.74, 6) is -1.21. The normalized spacial score (nSPS) is 10.5. The van der Waals surface area contributed by atoms with Crippen LogP contribution in [0.4, 0.5) is 0 Å². The molecule has 0 aliphatic heterocycles. The summed E-state index contributed by atoms with van der Waals surface area (Å²) < 4.78 is 0. The molecule has 0 spiro atoms. The molecule has 0 unspecified atom stereocenters. The Labute approximate surface area is 122 Å². The number of H-pyrrole nitrogens is 1. The van der Waals surface area contributed by atoms with Crippen molar-refractivity contribution in [3.8, 4) is 11.1 Å². The fourth-order valence-corrected chi connectivity index (χ4v) is 2.13. The minimum absolute atomic E-state index is 0.195. The molecule has 0 atom stereocenters. The van der Waals surface area contributed by atoms with E-state index >= 15 is 0 Å². The highest BCUT2D eigenvalue weighted by atomic mass is 35.5. The lowest BCUT2D eigenvalue weighted by molar-refractivity contribution is 0.0690. The monoisotopic (exact) mass is 317 g/mol. The van der Waals surface area contributed by atoms with Crippen molar-refractivity contribution in [1.82, 2.24) is 4.98 Å². The van der Waals surface area contributed by atoms with E-state index in [1.165, 1.54) is 24.3 Å². The summed E-state index contributed by atoms with van der Waals surface area (Å²) >= 11 is 17.6. The lowest BCUT2D eigenvalue weighted by Gasteiger charge is -2.05. The molecular formula is C12H6Cl3NO3. The van der Waals surface area contributed by atoms with E-state index in [2.05, 4.69) is 4.98 Å². The predicted octanol–water partition coefficient (Wildman–Crippen LogP) is 3.70. The van der Waals surface area contributed by atoms with E-state index in [0.29, 0.717) is 5.56 Å². The van der Waals surface area contributed by atoms with Gasteiger partial charge in [-0.05, 0) is 29.8 Å². The third-order valence-corrected chi connectivity index (χ3v) is 3.63. The van der Waals surface area contributed by atoms with Crippen LogP contribution in [0, 0.1) is 0 Å². The van der Waals surface area contributed by atoms with E-state index in [-0.39, 0.29) is 26.3 Å². The molecule has 4 nitrogen and oxygen atoms in total. The molecule has 0 bridgehead atoms. The summed E-state index contributed by atoms with van der Waals surface area (Å²) in [6.45, 7) is 0. The van der Waals surface area contributed by atoms with Crippen molar-refractivity contribution in [2.45, 2.75) is 0 Å². The third kappa shape index (κ3) is 2.76. The molecule has 19 heavy (non-hydrogen) atoms. The zero-order valence-electron chi connectivity index (χ0n) is 9.21. The molecule has 0 radical (unpaired) electrons. The molecule has 1 aromatic carbocycles. The summed E-state index contributed by atoms with van der Waals surface area (Å²) in [4.78, 5) is 24.8. The number of pyridine rings is 1. The number of benzene rings is 1. The van der Waals surface area contributed by atoms with Crippen LogP contribution >= 0.6 is 34.8 Å². The molecule has 98 valence electrons. The summed E-state index contributed by atoms with van der Waals surface area (Å²) in [6, 6.07) is 5.65. The van der Waals surface area contributed by atoms with Crippen LogP contribution in [0.3, 0.4) is 0 Å². The molecular weight excluding hydrogens is 312 g/mol. The molecule has 0 saturated carbocycles. The number of hydrogen-bond acceptors (Lipinski definition) is 2. The highest BCUT2D eigenvalue weighted by molar-refractivity contribution is 6.48. The predicted molar refractivity (Wildman–Crippen MR) is 74.5 cm³/mol. The van der Waals surface area contributed by atoms with Gasteiger partial charge in [0.25, 0.3) is 5.56 Å². The molecule has 2 rings (SSSR count). The van der Waals surface area contributed by atoms with Crippen molar-refractivity contribution < 1.29 is 9.90 Å². The number of hydrogen-bond donors (Lipinski definition) is 2. The number of carboxylic acids is 1. The molecule has 1 heterocycles. The van der Waals surface area contributed by atoms with Crippen LogP contribution in [-0.2, 0) is 0 Å². The Hall–Kier alpha value is -1.49. The van der Waals surface area contributed by atoms with Gasteiger partial charge in [-0.1, -0.05) is 34.8 Å². The van der Waals surface area contributed by atoms with E-state index in [0.717, 1.165) is 0 Å². The second-order valence-electron chi connectivity index (χ2n) is 3.67. The summed E-state index contributed by atoms with van der Waals surface area (Å²) in [5.41, 5.74) is -0.0303. The van der Waals surface area contributed by atoms with Crippen LogP contribution in [0.15, 0.2) is 29.1 Å². The number of aromatic amines is 1. The zero-order chi connectivity index (χ0) is 14.2. The van der Waals surface area contributed by atoms with Crippen molar-refractivity contribution in [3.63, 3.8) is 0 Å². The SMILES string of the molecule is O=C(O)c1ccc(-c2cc(Cl)c(Cl)c(Cl)c2)c(=O)[nH]1. The summed E-state index contributed by atoms with van der Waals surface area (Å²) in [7, 11) is 0. The lowest BCUT2D eigenvalue weighted by atomic mass is 10.1. The van der Waals surface area contributed by atoms with E-state index in [1.807, 2.05) is 0 Å². The van der Waals surface area contributed by atoms with Crippen LogP contribution in [0.2, 0.25) is 15.1 Å². The third-order valence-electron chi connectivity index (χ3n) is 2.43. The van der Waals surface area contributed by atoms with Gasteiger partial charge in [-0.25, -0.2) is 4.79 Å². The fraction of sp³-hybridized carbons (Fsp3) is 0. The first-order valence-electron chi connectivity index (χ1n) is 5.01. The van der Waals surface area contributed by atoms with E-state index in [1.54, 1.807) is 0 Å². The molecule has 2 N–H and O–H groups in total. The Balaban J connectivity index is 2.60. The molecule has 0 aliphatic rings. The lowest BCUT2D eigenvalue weighted by Crippen LogP contribution is -2.14. The van der Waals surface area contributed by atoms with Crippen molar-refractivity contribution in [3.05, 3.63) is 55.4 Å². The van der Waals surface area contributed by atoms with E-state index < -0.39 is 11.5 Å². The molecule has 0 aliphatic carbocycles. The number of carboxylic acid groups (broad SMARTS) is 1. The van der Waals surface area contributed by atoms with Gasteiger partial charge in [0, 0.05) is 5.56 Å². The minimum Gasteiger partial charge on any atom is -0.477 e. The maximum atomic E-state index is 11.8. The Bertz CT molecular complexity index is 701. The molecule has 1 aromatic heterocycles. The first kappa shape index (κ1) is 13.9. The Kier molecular flexibility index (Phi) is 3.85. The second-order valence-corrected chi connectivity index (χ2v) is 4.87. The molecule has 0 saturated heterocycles. The van der Waals surface area contributed by atoms with Gasteiger partial charge in [0.2, 0.25) is 0 Å². The maximum Gasteiger partial charge on any atom is 0.352 e. The van der Waals surface area contributed by atoms with Crippen LogP contribution < -0.4 is 5.56 Å². The first-order chi connectivity index (χ1) is 8.90. The van der Waals surface area contributed by atoms with E-state index in [9.17, 15) is 9.59 Å². The van der Waals surface area contributed by atoms with Crippen molar-refractivity contribution in [2.75, 3.05) is 0 Å². The Morgan fingerprint density at radius 1 is 1.11 bits per heavy atom. The first-order valence-corrected chi connectivity index (χ1v) is 6.15. The highest BCUT2D eigenvalue weighted by Gasteiger charge is 2.12. The van der Waals surface area contributed by atoms with Crippen LogP contribution in [0.1, 0.15) is 10.5 Å². The second kappa shape index (κ2) is 5.25. The standard InChI is InChI=1S/C12H6Cl3NO3/c13-7-3-5(4-8(14)10(7)15)6-1-2-9(12(18)19)16-11(6)17/h1-4H,(H,16,17)(H,18,19). The van der Waals surface area contributed by atoms with Gasteiger partial charge in [0.1, 0.15) is 5.69 Å². The molecule has 0 fully saturated rings. The molecule has 2 aromatic rings. The average Bonchev–Trinajstić information content (AvgIpc) is 2.35. The van der Waals surface area contributed by atoms with Gasteiger partial charge >= 0.3 is 5.97 Å². The van der Waals surface area contributed by atoms with Gasteiger partial charge in [-0.15, -0.1) is 0 Å². The number of carbonyl (C=O) groups is 1. The smallest absolute Gasteiger partial charge is 0.352 e. The number of aromatic carboxylic acids is 1. The van der Waals surface area contributed by atoms with E-state index in [4.69, 9.17) is 39.9 Å². The van der Waals surface area contributed by atoms with Gasteiger partial charge < -0.3 is 10.1 Å². The minimum atomic E-state index is -1.21. The molecule has 0 amide bonds. The number of aromatic nitrogens is 1. The summed E-state index contributed by atoms with van der Waals surface area (Å²) in [5, 5.41) is 9.39. The number of halogens is 3. The quantitative estimate of drug-likeness (QED) is 0.829. The van der Waals surface area contributed by atoms with Gasteiger partial charge in [0.15, 0.2) is 0 Å². The number of nitrogens with one attached hydrogen (secondary N) is 1. The van der Waals surface area contributed by atoms with Gasteiger partial charge in [-0.3, -0.25) is 4.79 Å². The average molecular weight is 319 g/mol. The number of rotatable bonds is 2. The highest BCUT2D eigenvalue weighted by Crippen LogP contribution is 2.34. The summed E-state index contributed by atoms with van der Waals surface area (Å²) in [6.07, 6.45) is 0. The topological polar surface area (TPSA) is 70.2 Å². The van der Waals surface area contributed by atoms with Crippen molar-refractivity contribution in [1.29, 1.82) is 0 Å². The van der Waals surface area contributed by atoms with Crippen molar-refractivity contribution >= 4 is 40.8 Å². The van der Waals surface area contributed by atoms with Crippen molar-refractivity contribution in [2.24, 2.45) is 0 Å².